The number of carbonyl (C=O) groups excluding carboxylic acids is 3. The average Bonchev–Trinajstić information content (AvgIpc) is 4.11. The Morgan fingerprint density at radius 2 is 1.73 bits per heavy atom. The second-order valence-electron chi connectivity index (χ2n) is 17.2. The van der Waals surface area contributed by atoms with Crippen molar-refractivity contribution in [2.45, 2.75) is 109 Å². The number of aromatic nitrogens is 4. The zero-order valence-corrected chi connectivity index (χ0v) is 36.7. The Balaban J connectivity index is 1.04. The summed E-state index contributed by atoms with van der Waals surface area (Å²) in [7, 11) is 4.14. The number of benzene rings is 3. The van der Waals surface area contributed by atoms with E-state index in [1.165, 1.54) is 14.2 Å². The van der Waals surface area contributed by atoms with Crippen LogP contribution >= 0.6 is 0 Å². The third-order valence-electron chi connectivity index (χ3n) is 13.3. The molecule has 3 aliphatic rings. The molecule has 2 aromatic heterocycles. The van der Waals surface area contributed by atoms with Gasteiger partial charge in [0, 0.05) is 30.6 Å². The van der Waals surface area contributed by atoms with Crippen LogP contribution in [-0.2, 0) is 25.6 Å². The van der Waals surface area contributed by atoms with Gasteiger partial charge in [-0.25, -0.2) is 19.6 Å². The number of alkyl carbamates (subject to hydrolysis) is 2. The van der Waals surface area contributed by atoms with Crippen LogP contribution in [0.15, 0.2) is 48.7 Å². The van der Waals surface area contributed by atoms with E-state index < -0.39 is 36.6 Å². The van der Waals surface area contributed by atoms with Gasteiger partial charge in [-0.1, -0.05) is 45.4 Å². The summed E-state index contributed by atoms with van der Waals surface area (Å²) in [5.74, 6) is 2.28. The Labute approximate surface area is 361 Å². The molecule has 2 fully saturated rings. The van der Waals surface area contributed by atoms with Crippen molar-refractivity contribution >= 4 is 39.9 Å². The van der Waals surface area contributed by atoms with Crippen LogP contribution in [0.5, 0.6) is 5.75 Å². The van der Waals surface area contributed by atoms with Gasteiger partial charge in [0.05, 0.1) is 61.4 Å². The molecule has 3 amide bonds. The number of amides is 3. The summed E-state index contributed by atoms with van der Waals surface area (Å²) in [5, 5.41) is 19.2. The van der Waals surface area contributed by atoms with Crippen LogP contribution in [0.25, 0.3) is 44.2 Å². The number of nitrogens with zero attached hydrogens (tertiary/aromatic N) is 4. The van der Waals surface area contributed by atoms with Gasteiger partial charge in [-0.05, 0) is 91.3 Å². The molecule has 16 nitrogen and oxygen atoms in total. The summed E-state index contributed by atoms with van der Waals surface area (Å²) in [6.07, 6.45) is 2.10. The summed E-state index contributed by atoms with van der Waals surface area (Å²) in [6, 6.07) is 12.8. The van der Waals surface area contributed by atoms with Crippen LogP contribution in [0, 0.1) is 11.8 Å². The fraction of sp³-hybridized carbons (Fsp3) is 0.500. The van der Waals surface area contributed by atoms with Gasteiger partial charge in [0.15, 0.2) is 0 Å². The van der Waals surface area contributed by atoms with Crippen molar-refractivity contribution < 1.29 is 38.4 Å². The van der Waals surface area contributed by atoms with E-state index in [0.717, 1.165) is 87.0 Å². The SMILES string of the molecule is CC[C@H](C)[C@H](NC(=O)OC)C(=O)N1C[C@@H](C)CC1c1ncc(-c2ccc3c(c2)COc2cc4c(ccc5[nH]c([C@@H]6CC[C@H](C)N6C(O)[C@@H](NC(=O)OC)[C@@H](C)OC)nc54)cc2-3)[nH]1. The Kier molecular flexibility index (Phi) is 12.2. The number of nitrogens with one attached hydrogen (secondary N) is 4. The van der Waals surface area contributed by atoms with E-state index in [1.807, 2.05) is 35.9 Å². The van der Waals surface area contributed by atoms with E-state index in [0.29, 0.717) is 19.0 Å². The predicted molar refractivity (Wildman–Crippen MR) is 233 cm³/mol. The lowest BCUT2D eigenvalue weighted by molar-refractivity contribution is -0.135. The number of likely N-dealkylation sites (tertiary alicyclic amines) is 2. The molecule has 3 aromatic carbocycles. The molecule has 0 spiro atoms. The average molecular weight is 851 g/mol. The molecule has 0 bridgehead atoms. The predicted octanol–water partition coefficient (Wildman–Crippen LogP) is 6.95. The van der Waals surface area contributed by atoms with E-state index in [4.69, 9.17) is 28.9 Å². The van der Waals surface area contributed by atoms with Crippen LogP contribution in [0.3, 0.4) is 0 Å². The molecule has 0 saturated carbocycles. The van der Waals surface area contributed by atoms with Gasteiger partial charge < -0.3 is 49.6 Å². The van der Waals surface area contributed by atoms with E-state index in [1.54, 1.807) is 14.0 Å². The minimum Gasteiger partial charge on any atom is -0.488 e. The first-order chi connectivity index (χ1) is 29.8. The number of hydrogen-bond donors (Lipinski definition) is 5. The topological polar surface area (TPSA) is 196 Å². The number of aliphatic hydroxyl groups excluding tert-OH is 1. The summed E-state index contributed by atoms with van der Waals surface area (Å²) in [6.45, 7) is 10.9. The molecule has 2 saturated heterocycles. The van der Waals surface area contributed by atoms with Crippen LogP contribution in [0.2, 0.25) is 0 Å². The molecule has 16 heteroatoms. The minimum absolute atomic E-state index is 0.0186. The van der Waals surface area contributed by atoms with Crippen molar-refractivity contribution in [2.75, 3.05) is 27.9 Å². The van der Waals surface area contributed by atoms with Crippen molar-refractivity contribution in [3.63, 3.8) is 0 Å². The third kappa shape index (κ3) is 7.95. The minimum atomic E-state index is -1.06. The van der Waals surface area contributed by atoms with Gasteiger partial charge in [0.25, 0.3) is 0 Å². The first kappa shape index (κ1) is 43.0. The maximum absolute atomic E-state index is 14.0. The molecular weight excluding hydrogens is 793 g/mol. The quantitative estimate of drug-likeness (QED) is 0.0872. The molecule has 62 heavy (non-hydrogen) atoms. The van der Waals surface area contributed by atoms with Gasteiger partial charge >= 0.3 is 12.2 Å². The van der Waals surface area contributed by atoms with Crippen molar-refractivity contribution in [1.29, 1.82) is 0 Å². The number of aromatic amines is 2. The largest absolute Gasteiger partial charge is 0.488 e. The Bertz CT molecular complexity index is 2470. The second kappa shape index (κ2) is 17.6. The molecule has 0 aliphatic carbocycles. The van der Waals surface area contributed by atoms with Gasteiger partial charge in [-0.15, -0.1) is 0 Å². The highest BCUT2D eigenvalue weighted by Gasteiger charge is 2.43. The van der Waals surface area contributed by atoms with Crippen LogP contribution in [0.1, 0.15) is 89.6 Å². The highest BCUT2D eigenvalue weighted by atomic mass is 16.5. The van der Waals surface area contributed by atoms with Gasteiger partial charge in [0.1, 0.15) is 36.3 Å². The smallest absolute Gasteiger partial charge is 0.407 e. The van der Waals surface area contributed by atoms with Crippen LogP contribution < -0.4 is 15.4 Å². The van der Waals surface area contributed by atoms with Crippen LogP contribution in [0.4, 0.5) is 9.59 Å². The Morgan fingerprint density at radius 1 is 0.952 bits per heavy atom. The molecule has 9 atom stereocenters. The number of hydrogen-bond acceptors (Lipinski definition) is 11. The molecular formula is C46H58N8O8. The first-order valence-electron chi connectivity index (χ1n) is 21.6. The normalized spacial score (nSPS) is 22.3. The van der Waals surface area contributed by atoms with Crippen LogP contribution in [-0.4, -0.2) is 111 Å². The number of carbonyl (C=O) groups is 3. The standard InChI is InChI=1S/C46H58N8O8/c1-9-24(3)38(51-45(57)60-7)43(55)53-21-23(2)16-36(53)41-47-20-34(49-41)28-11-13-30-29(17-28)22-62-37-19-31-27(18-32(30)37)12-14-33-40(31)50-42(48-33)35-15-10-25(4)54(35)44(56)39(26(5)59-6)52-46(58)61-8/h11-14,17-20,23-26,35-36,38-39,44,56H,9-10,15-16,21-22H2,1-8H3,(H,47,49)(H,48,50)(H,51,57)(H,52,58)/t23-,24-,25-,26+,35-,36?,38-,39-,44?/m0/s1. The highest BCUT2D eigenvalue weighted by Crippen LogP contribution is 2.44. The number of aliphatic hydroxyl groups is 1. The van der Waals surface area contributed by atoms with Crippen molar-refractivity contribution in [3.8, 4) is 28.1 Å². The number of methoxy groups -OCH3 is 3. The van der Waals surface area contributed by atoms with Gasteiger partial charge in [-0.2, -0.15) is 0 Å². The summed E-state index contributed by atoms with van der Waals surface area (Å²) < 4.78 is 21.7. The zero-order chi connectivity index (χ0) is 44.0. The lowest BCUT2D eigenvalue weighted by Gasteiger charge is -2.38. The number of imidazole rings is 2. The molecule has 5 N–H and O–H groups in total. The van der Waals surface area contributed by atoms with E-state index >= 15 is 0 Å². The highest BCUT2D eigenvalue weighted by molar-refractivity contribution is 6.07. The third-order valence-corrected chi connectivity index (χ3v) is 13.3. The molecule has 8 rings (SSSR count). The van der Waals surface area contributed by atoms with Crippen molar-refractivity contribution in [2.24, 2.45) is 11.8 Å². The fourth-order valence-corrected chi connectivity index (χ4v) is 9.57. The molecule has 330 valence electrons. The van der Waals surface area contributed by atoms with E-state index in [9.17, 15) is 19.5 Å². The number of rotatable bonds is 12. The van der Waals surface area contributed by atoms with E-state index in [-0.39, 0.29) is 35.9 Å². The monoisotopic (exact) mass is 850 g/mol. The maximum Gasteiger partial charge on any atom is 0.407 e. The molecule has 3 aliphatic heterocycles. The first-order valence-corrected chi connectivity index (χ1v) is 21.6. The Morgan fingerprint density at radius 3 is 2.47 bits per heavy atom. The maximum atomic E-state index is 14.0. The molecule has 0 radical (unpaired) electrons. The van der Waals surface area contributed by atoms with Gasteiger partial charge in [-0.3, -0.25) is 9.69 Å². The summed E-state index contributed by atoms with van der Waals surface area (Å²) in [4.78, 5) is 59.3. The van der Waals surface area contributed by atoms with Crippen molar-refractivity contribution in [1.82, 2.24) is 40.4 Å². The summed E-state index contributed by atoms with van der Waals surface area (Å²) in [5.41, 5.74) is 6.61. The number of ether oxygens (including phenoxy) is 4. The number of H-pyrrole nitrogens is 2. The molecule has 2 unspecified atom stereocenters. The number of fused-ring (bicyclic) bond motifs is 6. The molecule has 5 aromatic rings. The fourth-order valence-electron chi connectivity index (χ4n) is 9.57. The summed E-state index contributed by atoms with van der Waals surface area (Å²) >= 11 is 0. The van der Waals surface area contributed by atoms with Crippen molar-refractivity contribution in [3.05, 3.63) is 65.9 Å². The van der Waals surface area contributed by atoms with Gasteiger partial charge in [0.2, 0.25) is 5.91 Å². The Hall–Kier alpha value is -5.71. The zero-order valence-electron chi connectivity index (χ0n) is 36.7. The van der Waals surface area contributed by atoms with E-state index in [2.05, 4.69) is 70.8 Å². The lowest BCUT2D eigenvalue weighted by Crippen LogP contribution is -2.58. The lowest BCUT2D eigenvalue weighted by atomic mass is 9.92. The molecule has 5 heterocycles. The second-order valence-corrected chi connectivity index (χ2v) is 17.2.